The minimum Gasteiger partial charge on any atom is -0.360 e. The predicted octanol–water partition coefficient (Wildman–Crippen LogP) is 1.86. The Bertz CT molecular complexity index is 852. The van der Waals surface area contributed by atoms with Gasteiger partial charge < -0.3 is 19.6 Å². The Labute approximate surface area is 198 Å². The molecule has 0 unspecified atom stereocenters. The first-order valence-corrected chi connectivity index (χ1v) is 13.8. The summed E-state index contributed by atoms with van der Waals surface area (Å²) < 4.78 is 32.5. The second-order valence-electron chi connectivity index (χ2n) is 9.51. The number of nitrogens with one attached hydrogen (secondary N) is 1. The van der Waals surface area contributed by atoms with E-state index in [0.29, 0.717) is 43.9 Å². The van der Waals surface area contributed by atoms with Crippen molar-refractivity contribution < 1.29 is 17.7 Å². The number of piperazine rings is 1. The van der Waals surface area contributed by atoms with Crippen LogP contribution in [0.25, 0.3) is 0 Å². The van der Waals surface area contributed by atoms with Gasteiger partial charge in [0.2, 0.25) is 15.9 Å². The first kappa shape index (κ1) is 26.1. The molecule has 3 heterocycles. The summed E-state index contributed by atoms with van der Waals surface area (Å²) in [6.07, 6.45) is 3.53. The van der Waals surface area contributed by atoms with Crippen LogP contribution in [0.1, 0.15) is 51.0 Å². The lowest BCUT2D eigenvalue weighted by Crippen LogP contribution is -2.47. The highest BCUT2D eigenvalue weighted by molar-refractivity contribution is 7.89. The molecule has 3 rings (SSSR count). The number of aryl methyl sites for hydroxylation is 2. The maximum atomic E-state index is 13.0. The summed E-state index contributed by atoms with van der Waals surface area (Å²) in [5.41, 5.74) is 0.394. The molecule has 0 bridgehead atoms. The van der Waals surface area contributed by atoms with E-state index in [1.54, 1.807) is 13.8 Å². The molecule has 2 aliphatic rings. The number of rotatable bonds is 10. The average molecular weight is 484 g/mol. The van der Waals surface area contributed by atoms with Gasteiger partial charge in [0, 0.05) is 51.7 Å². The third-order valence-corrected chi connectivity index (χ3v) is 9.28. The first-order valence-electron chi connectivity index (χ1n) is 12.4. The molecule has 9 nitrogen and oxygen atoms in total. The quantitative estimate of drug-likeness (QED) is 0.507. The molecule has 1 aromatic rings. The minimum atomic E-state index is -3.62. The third-order valence-electron chi connectivity index (χ3n) is 7.14. The van der Waals surface area contributed by atoms with E-state index >= 15 is 0 Å². The van der Waals surface area contributed by atoms with Crippen LogP contribution in [0.2, 0.25) is 0 Å². The van der Waals surface area contributed by atoms with Gasteiger partial charge in [0.05, 0.1) is 0 Å². The van der Waals surface area contributed by atoms with Crippen LogP contribution in [0.4, 0.5) is 0 Å². The van der Waals surface area contributed by atoms with Crippen LogP contribution in [-0.2, 0) is 14.8 Å². The number of carbonyl (C=O) groups is 1. The molecule has 0 aromatic carbocycles. The van der Waals surface area contributed by atoms with E-state index in [0.717, 1.165) is 39.1 Å². The summed E-state index contributed by atoms with van der Waals surface area (Å²) in [6.45, 7) is 15.7. The minimum absolute atomic E-state index is 0.0785. The number of carbonyl (C=O) groups excluding carboxylic acids is 1. The number of hydrogen-bond acceptors (Lipinski definition) is 7. The van der Waals surface area contributed by atoms with Crippen molar-refractivity contribution in [2.75, 3.05) is 58.9 Å². The van der Waals surface area contributed by atoms with Crippen LogP contribution >= 0.6 is 0 Å². The maximum absolute atomic E-state index is 13.0. The van der Waals surface area contributed by atoms with Gasteiger partial charge in [-0.3, -0.25) is 4.79 Å². The normalized spacial score (nSPS) is 20.7. The molecule has 0 aliphatic carbocycles. The molecule has 1 atom stereocenters. The molecule has 2 fully saturated rings. The predicted molar refractivity (Wildman–Crippen MR) is 127 cm³/mol. The zero-order valence-electron chi connectivity index (χ0n) is 20.7. The van der Waals surface area contributed by atoms with E-state index in [1.807, 2.05) is 6.92 Å². The van der Waals surface area contributed by atoms with Gasteiger partial charge in [-0.15, -0.1) is 0 Å². The van der Waals surface area contributed by atoms with Crippen molar-refractivity contribution in [1.29, 1.82) is 0 Å². The maximum Gasteiger partial charge on any atom is 0.248 e. The van der Waals surface area contributed by atoms with Crippen molar-refractivity contribution >= 4 is 15.9 Å². The zero-order valence-corrected chi connectivity index (χ0v) is 21.5. The Balaban J connectivity index is 1.37. The Morgan fingerprint density at radius 1 is 1.09 bits per heavy atom. The summed E-state index contributed by atoms with van der Waals surface area (Å²) >= 11 is 0. The largest absolute Gasteiger partial charge is 0.360 e. The van der Waals surface area contributed by atoms with Crippen molar-refractivity contribution in [3.05, 3.63) is 11.5 Å². The topological polar surface area (TPSA) is 99.0 Å². The van der Waals surface area contributed by atoms with Gasteiger partial charge in [0.25, 0.3) is 0 Å². The first-order chi connectivity index (χ1) is 15.7. The Kier molecular flexibility index (Phi) is 9.32. The number of piperidine rings is 1. The molecule has 2 aliphatic heterocycles. The summed E-state index contributed by atoms with van der Waals surface area (Å²) in [7, 11) is -3.62. The molecule has 0 spiro atoms. The monoisotopic (exact) mass is 483 g/mol. The van der Waals surface area contributed by atoms with Crippen LogP contribution < -0.4 is 5.32 Å². The number of sulfonamides is 1. The van der Waals surface area contributed by atoms with Crippen LogP contribution in [0, 0.1) is 25.7 Å². The second-order valence-corrected chi connectivity index (χ2v) is 11.4. The van der Waals surface area contributed by atoms with Crippen molar-refractivity contribution in [1.82, 2.24) is 24.6 Å². The Morgan fingerprint density at radius 3 is 2.24 bits per heavy atom. The van der Waals surface area contributed by atoms with E-state index in [4.69, 9.17) is 4.52 Å². The molecule has 0 radical (unpaired) electrons. The van der Waals surface area contributed by atoms with Crippen LogP contribution in [-0.4, -0.2) is 92.5 Å². The summed E-state index contributed by atoms with van der Waals surface area (Å²) in [6, 6.07) is 0. The van der Waals surface area contributed by atoms with Gasteiger partial charge in [-0.25, -0.2) is 8.42 Å². The standard InChI is InChI=1S/C23H41N5O4S/c1-5-10-26-14-16-27(17-15-26)11-6-9-24-23(29)18(2)21-7-12-28(13-8-21)33(30,31)22-19(3)25-32-20(22)4/h18,21H,5-17H2,1-4H3,(H,24,29)/t18-/m1/s1. The number of hydrogen-bond donors (Lipinski definition) is 1. The van der Waals surface area contributed by atoms with E-state index in [2.05, 4.69) is 27.2 Å². The fraction of sp³-hybridized carbons (Fsp3) is 0.826. The molecule has 10 heteroatoms. The van der Waals surface area contributed by atoms with E-state index in [-0.39, 0.29) is 22.6 Å². The Hall–Kier alpha value is -1.49. The molecular weight excluding hydrogens is 442 g/mol. The van der Waals surface area contributed by atoms with Gasteiger partial charge in [-0.2, -0.15) is 4.31 Å². The number of nitrogens with zero attached hydrogens (tertiary/aromatic N) is 4. The lowest BCUT2D eigenvalue weighted by molar-refractivity contribution is -0.126. The molecule has 1 amide bonds. The van der Waals surface area contributed by atoms with Gasteiger partial charge in [-0.05, 0) is 58.5 Å². The highest BCUT2D eigenvalue weighted by Gasteiger charge is 2.36. The molecule has 0 saturated carbocycles. The molecule has 33 heavy (non-hydrogen) atoms. The molecule has 188 valence electrons. The second kappa shape index (κ2) is 11.8. The highest BCUT2D eigenvalue weighted by atomic mass is 32.2. The summed E-state index contributed by atoms with van der Waals surface area (Å²) in [5.74, 6) is 0.472. The fourth-order valence-corrected chi connectivity index (χ4v) is 6.79. The summed E-state index contributed by atoms with van der Waals surface area (Å²) in [5, 5.41) is 6.88. The van der Waals surface area contributed by atoms with E-state index < -0.39 is 10.0 Å². The van der Waals surface area contributed by atoms with Crippen molar-refractivity contribution in [3.63, 3.8) is 0 Å². The lowest BCUT2D eigenvalue weighted by Gasteiger charge is -2.34. The van der Waals surface area contributed by atoms with Gasteiger partial charge in [0.15, 0.2) is 5.76 Å². The third kappa shape index (κ3) is 6.55. The zero-order chi connectivity index (χ0) is 24.0. The van der Waals surface area contributed by atoms with Crippen molar-refractivity contribution in [3.8, 4) is 0 Å². The highest BCUT2D eigenvalue weighted by Crippen LogP contribution is 2.30. The molecule has 1 aromatic heterocycles. The Morgan fingerprint density at radius 2 is 1.70 bits per heavy atom. The SMILES string of the molecule is CCCN1CCN(CCCNC(=O)[C@H](C)C2CCN(S(=O)(=O)c3c(C)noc3C)CC2)CC1. The number of amides is 1. The van der Waals surface area contributed by atoms with Gasteiger partial charge in [-0.1, -0.05) is 19.0 Å². The van der Waals surface area contributed by atoms with Gasteiger partial charge in [0.1, 0.15) is 10.6 Å². The van der Waals surface area contributed by atoms with E-state index in [1.165, 1.54) is 17.3 Å². The van der Waals surface area contributed by atoms with Crippen molar-refractivity contribution in [2.45, 2.75) is 58.3 Å². The molecule has 2 saturated heterocycles. The van der Waals surface area contributed by atoms with Crippen LogP contribution in [0.5, 0.6) is 0 Å². The fourth-order valence-electron chi connectivity index (χ4n) is 5.03. The molecular formula is C23H41N5O4S. The lowest BCUT2D eigenvalue weighted by atomic mass is 9.85. The average Bonchev–Trinajstić information content (AvgIpc) is 3.16. The summed E-state index contributed by atoms with van der Waals surface area (Å²) in [4.78, 5) is 17.9. The smallest absolute Gasteiger partial charge is 0.248 e. The van der Waals surface area contributed by atoms with Crippen LogP contribution in [0.3, 0.4) is 0 Å². The molecule has 1 N–H and O–H groups in total. The van der Waals surface area contributed by atoms with Crippen LogP contribution in [0.15, 0.2) is 9.42 Å². The van der Waals surface area contributed by atoms with E-state index in [9.17, 15) is 13.2 Å². The van der Waals surface area contributed by atoms with Gasteiger partial charge >= 0.3 is 0 Å². The van der Waals surface area contributed by atoms with Crippen molar-refractivity contribution in [2.24, 2.45) is 11.8 Å². The number of aromatic nitrogens is 1.